The van der Waals surface area contributed by atoms with Gasteiger partial charge in [0, 0.05) is 22.8 Å². The van der Waals surface area contributed by atoms with Crippen LogP contribution in [-0.4, -0.2) is 34.8 Å². The van der Waals surface area contributed by atoms with Crippen molar-refractivity contribution >= 4 is 29.9 Å². The number of hydrogen-bond donors (Lipinski definition) is 2. The second kappa shape index (κ2) is 6.77. The molecule has 0 amide bonds. The standard InChI is InChI=1S/C18H27NO2S2/c1-18(2)6-5-14-13(8-18)16(17(20)21)15(23-14)10-19-7-3-4-12(9-19)11-22/h12,22H,3-11H2,1-2H3,(H,20,21)/t12-/m1/s1. The molecule has 2 heterocycles. The molecule has 0 saturated carbocycles. The van der Waals surface area contributed by atoms with Crippen LogP contribution in [0.1, 0.15) is 58.8 Å². The Balaban J connectivity index is 1.85. The highest BCUT2D eigenvalue weighted by Gasteiger charge is 2.33. The molecule has 23 heavy (non-hydrogen) atoms. The van der Waals surface area contributed by atoms with Crippen LogP contribution in [0.5, 0.6) is 0 Å². The molecule has 3 rings (SSSR count). The molecule has 1 aromatic rings. The number of thiol groups is 1. The maximum absolute atomic E-state index is 11.9. The molecule has 0 aromatic carbocycles. The Morgan fingerprint density at radius 3 is 2.96 bits per heavy atom. The summed E-state index contributed by atoms with van der Waals surface area (Å²) in [4.78, 5) is 16.7. The Morgan fingerprint density at radius 2 is 2.26 bits per heavy atom. The molecule has 1 aliphatic carbocycles. The number of piperidine rings is 1. The van der Waals surface area contributed by atoms with Crippen molar-refractivity contribution < 1.29 is 9.90 Å². The van der Waals surface area contributed by atoms with E-state index in [1.807, 2.05) is 0 Å². The maximum atomic E-state index is 11.9. The fourth-order valence-corrected chi connectivity index (χ4v) is 5.64. The monoisotopic (exact) mass is 353 g/mol. The van der Waals surface area contributed by atoms with E-state index in [2.05, 4.69) is 31.4 Å². The molecule has 1 fully saturated rings. The second-order valence-electron chi connectivity index (χ2n) is 7.87. The molecule has 1 N–H and O–H groups in total. The van der Waals surface area contributed by atoms with E-state index in [1.54, 1.807) is 11.3 Å². The number of aromatic carboxylic acids is 1. The van der Waals surface area contributed by atoms with Gasteiger partial charge >= 0.3 is 5.97 Å². The summed E-state index contributed by atoms with van der Waals surface area (Å²) in [6.07, 6.45) is 5.55. The molecule has 1 saturated heterocycles. The number of nitrogens with zero attached hydrogens (tertiary/aromatic N) is 1. The van der Waals surface area contributed by atoms with Crippen LogP contribution in [0.2, 0.25) is 0 Å². The van der Waals surface area contributed by atoms with Gasteiger partial charge in [-0.15, -0.1) is 11.3 Å². The van der Waals surface area contributed by atoms with Crippen molar-refractivity contribution in [1.82, 2.24) is 4.90 Å². The van der Waals surface area contributed by atoms with Gasteiger partial charge in [0.05, 0.1) is 5.56 Å². The molecule has 1 atom stereocenters. The molecule has 3 nitrogen and oxygen atoms in total. The minimum absolute atomic E-state index is 0.220. The molecule has 0 spiro atoms. The van der Waals surface area contributed by atoms with Crippen LogP contribution in [-0.2, 0) is 19.4 Å². The molecule has 128 valence electrons. The molecular formula is C18H27NO2S2. The van der Waals surface area contributed by atoms with Gasteiger partial charge in [0.25, 0.3) is 0 Å². The Morgan fingerprint density at radius 1 is 1.48 bits per heavy atom. The molecule has 0 bridgehead atoms. The lowest BCUT2D eigenvalue weighted by molar-refractivity contribution is 0.0692. The van der Waals surface area contributed by atoms with Gasteiger partial charge in [0.15, 0.2) is 0 Å². The Labute approximate surface area is 148 Å². The van der Waals surface area contributed by atoms with Crippen molar-refractivity contribution in [2.75, 3.05) is 18.8 Å². The van der Waals surface area contributed by atoms with Gasteiger partial charge in [-0.25, -0.2) is 4.79 Å². The average molecular weight is 354 g/mol. The van der Waals surface area contributed by atoms with E-state index in [4.69, 9.17) is 0 Å². The molecule has 0 radical (unpaired) electrons. The van der Waals surface area contributed by atoms with E-state index in [0.717, 1.165) is 55.1 Å². The van der Waals surface area contributed by atoms with Gasteiger partial charge in [-0.1, -0.05) is 13.8 Å². The molecular weight excluding hydrogens is 326 g/mol. The van der Waals surface area contributed by atoms with Gasteiger partial charge < -0.3 is 5.11 Å². The summed E-state index contributed by atoms with van der Waals surface area (Å²) < 4.78 is 0. The highest BCUT2D eigenvalue weighted by molar-refractivity contribution is 7.80. The fourth-order valence-electron chi connectivity index (χ4n) is 3.98. The molecule has 1 aromatic heterocycles. The maximum Gasteiger partial charge on any atom is 0.337 e. The van der Waals surface area contributed by atoms with E-state index in [0.29, 0.717) is 11.5 Å². The van der Waals surface area contributed by atoms with Crippen LogP contribution in [0.25, 0.3) is 0 Å². The SMILES string of the molecule is CC1(C)CCc2sc(CN3CCC[C@@H](CS)C3)c(C(=O)O)c2C1. The first-order valence-electron chi connectivity index (χ1n) is 8.59. The first-order valence-corrected chi connectivity index (χ1v) is 10.0. The Kier molecular flexibility index (Phi) is 5.09. The normalized spacial score (nSPS) is 24.4. The number of fused-ring (bicyclic) bond motifs is 1. The summed E-state index contributed by atoms with van der Waals surface area (Å²) in [5.41, 5.74) is 1.96. The number of rotatable bonds is 4. The number of thiophene rings is 1. The highest BCUT2D eigenvalue weighted by atomic mass is 32.1. The summed E-state index contributed by atoms with van der Waals surface area (Å²) in [5.74, 6) is 0.837. The molecule has 1 aliphatic heterocycles. The van der Waals surface area contributed by atoms with E-state index in [9.17, 15) is 9.90 Å². The molecule has 0 unspecified atom stereocenters. The summed E-state index contributed by atoms with van der Waals surface area (Å²) in [6, 6.07) is 0. The Hall–Kier alpha value is -0.520. The number of likely N-dealkylation sites (tertiary alicyclic amines) is 1. The first kappa shape index (κ1) is 17.3. The van der Waals surface area contributed by atoms with E-state index < -0.39 is 5.97 Å². The zero-order valence-corrected chi connectivity index (χ0v) is 15.8. The van der Waals surface area contributed by atoms with Crippen molar-refractivity contribution in [2.45, 2.75) is 52.5 Å². The highest BCUT2D eigenvalue weighted by Crippen LogP contribution is 2.42. The van der Waals surface area contributed by atoms with Gasteiger partial charge in [-0.2, -0.15) is 12.6 Å². The zero-order chi connectivity index (χ0) is 16.6. The van der Waals surface area contributed by atoms with Crippen molar-refractivity contribution in [1.29, 1.82) is 0 Å². The number of hydrogen-bond acceptors (Lipinski definition) is 4. The summed E-state index contributed by atoms with van der Waals surface area (Å²) >= 11 is 6.20. The average Bonchev–Trinajstić information content (AvgIpc) is 2.83. The lowest BCUT2D eigenvalue weighted by atomic mass is 9.76. The largest absolute Gasteiger partial charge is 0.478 e. The lowest BCUT2D eigenvalue weighted by Gasteiger charge is -2.31. The van der Waals surface area contributed by atoms with Crippen LogP contribution in [0.3, 0.4) is 0 Å². The number of carboxylic acids is 1. The van der Waals surface area contributed by atoms with E-state index in [-0.39, 0.29) is 5.41 Å². The summed E-state index contributed by atoms with van der Waals surface area (Å²) in [7, 11) is 0. The number of aryl methyl sites for hydroxylation is 1. The van der Waals surface area contributed by atoms with Crippen LogP contribution in [0.15, 0.2) is 0 Å². The summed E-state index contributed by atoms with van der Waals surface area (Å²) in [6.45, 7) is 7.43. The third kappa shape index (κ3) is 3.77. The topological polar surface area (TPSA) is 40.5 Å². The lowest BCUT2D eigenvalue weighted by Crippen LogP contribution is -2.35. The zero-order valence-electron chi connectivity index (χ0n) is 14.1. The minimum Gasteiger partial charge on any atom is -0.478 e. The summed E-state index contributed by atoms with van der Waals surface area (Å²) in [5, 5.41) is 9.78. The quantitative estimate of drug-likeness (QED) is 0.801. The number of carbonyl (C=O) groups is 1. The fraction of sp³-hybridized carbons (Fsp3) is 0.722. The van der Waals surface area contributed by atoms with Crippen LogP contribution < -0.4 is 0 Å². The van der Waals surface area contributed by atoms with E-state index in [1.165, 1.54) is 17.7 Å². The smallest absolute Gasteiger partial charge is 0.337 e. The van der Waals surface area contributed by atoms with Gasteiger partial charge in [-0.05, 0) is 61.3 Å². The van der Waals surface area contributed by atoms with Gasteiger partial charge in [0.2, 0.25) is 0 Å². The van der Waals surface area contributed by atoms with Crippen LogP contribution in [0.4, 0.5) is 0 Å². The number of carboxylic acid groups (broad SMARTS) is 1. The van der Waals surface area contributed by atoms with Crippen molar-refractivity contribution in [3.05, 3.63) is 20.9 Å². The Bertz CT molecular complexity index is 594. The second-order valence-corrected chi connectivity index (χ2v) is 9.43. The third-order valence-electron chi connectivity index (χ3n) is 5.29. The van der Waals surface area contributed by atoms with Crippen molar-refractivity contribution in [3.8, 4) is 0 Å². The van der Waals surface area contributed by atoms with Crippen molar-refractivity contribution in [2.24, 2.45) is 11.3 Å². The van der Waals surface area contributed by atoms with Crippen LogP contribution >= 0.6 is 24.0 Å². The van der Waals surface area contributed by atoms with Crippen LogP contribution in [0, 0.1) is 11.3 Å². The molecule has 5 heteroatoms. The minimum atomic E-state index is -0.738. The first-order chi connectivity index (χ1) is 10.9. The molecule has 2 aliphatic rings. The van der Waals surface area contributed by atoms with Gasteiger partial charge in [-0.3, -0.25) is 4.90 Å². The third-order valence-corrected chi connectivity index (χ3v) is 7.08. The van der Waals surface area contributed by atoms with Crippen molar-refractivity contribution in [3.63, 3.8) is 0 Å². The van der Waals surface area contributed by atoms with Gasteiger partial charge in [0.1, 0.15) is 0 Å². The predicted molar refractivity (Wildman–Crippen MR) is 98.9 cm³/mol. The predicted octanol–water partition coefficient (Wildman–Crippen LogP) is 4.10. The van der Waals surface area contributed by atoms with E-state index >= 15 is 0 Å².